The molecule has 3 heterocycles. The number of amides is 1. The minimum Gasteiger partial charge on any atom is -0.472 e. The molecule has 0 unspecified atom stereocenters. The van der Waals surface area contributed by atoms with Gasteiger partial charge < -0.3 is 14.8 Å². The van der Waals surface area contributed by atoms with Crippen molar-refractivity contribution in [1.82, 2.24) is 20.3 Å². The summed E-state index contributed by atoms with van der Waals surface area (Å²) in [6.45, 7) is 3.05. The average Bonchev–Trinajstić information content (AvgIpc) is 2.65. The molecule has 0 spiro atoms. The fourth-order valence-electron chi connectivity index (χ4n) is 2.79. The van der Waals surface area contributed by atoms with Crippen LogP contribution in [0.25, 0.3) is 0 Å². The molecule has 1 aliphatic heterocycles. The topological polar surface area (TPSA) is 86.2 Å². The third kappa shape index (κ3) is 4.51. The number of aromatic nitrogens is 3. The number of aryl methyl sites for hydroxylation is 1. The quantitative estimate of drug-likeness (QED) is 0.861. The van der Waals surface area contributed by atoms with E-state index in [1.54, 1.807) is 18.5 Å². The molecule has 132 valence electrons. The summed E-state index contributed by atoms with van der Waals surface area (Å²) < 4.78 is 11.5. The van der Waals surface area contributed by atoms with Crippen molar-refractivity contribution in [3.63, 3.8) is 0 Å². The Bertz CT molecular complexity index is 696. The third-order valence-corrected chi connectivity index (χ3v) is 4.05. The zero-order valence-corrected chi connectivity index (χ0v) is 14.2. The van der Waals surface area contributed by atoms with Gasteiger partial charge in [0.15, 0.2) is 0 Å². The van der Waals surface area contributed by atoms with Gasteiger partial charge in [0, 0.05) is 24.9 Å². The lowest BCUT2D eigenvalue weighted by Gasteiger charge is -2.32. The van der Waals surface area contributed by atoms with E-state index in [-0.39, 0.29) is 18.1 Å². The lowest BCUT2D eigenvalue weighted by atomic mass is 10.1. The number of rotatable bonds is 6. The smallest absolute Gasteiger partial charge is 0.255 e. The van der Waals surface area contributed by atoms with E-state index in [2.05, 4.69) is 27.2 Å². The molecule has 0 bridgehead atoms. The standard InChI is InChI=1S/C18H22N4O3/c1-2-5-14-13(10-19-12-21-14)18(23)22-15-11-24-9-7-16(15)25-17-6-3-4-8-20-17/h3-4,6,8,10,12,15-16H,2,5,7,9,11H2,1H3,(H,22,23)/t15-,16-/m1/s1. The lowest BCUT2D eigenvalue weighted by molar-refractivity contribution is -0.00451. The first-order chi connectivity index (χ1) is 12.3. The van der Waals surface area contributed by atoms with Gasteiger partial charge in [-0.1, -0.05) is 19.4 Å². The summed E-state index contributed by atoms with van der Waals surface area (Å²) in [5, 5.41) is 3.01. The number of hydrogen-bond donors (Lipinski definition) is 1. The number of carbonyl (C=O) groups is 1. The Morgan fingerprint density at radius 3 is 3.12 bits per heavy atom. The summed E-state index contributed by atoms with van der Waals surface area (Å²) in [5.41, 5.74) is 1.26. The van der Waals surface area contributed by atoms with E-state index < -0.39 is 0 Å². The van der Waals surface area contributed by atoms with Crippen LogP contribution in [0.2, 0.25) is 0 Å². The average molecular weight is 342 g/mol. The molecular weight excluding hydrogens is 320 g/mol. The first-order valence-electron chi connectivity index (χ1n) is 8.53. The number of carbonyl (C=O) groups excluding carboxylic acids is 1. The molecular formula is C18H22N4O3. The Morgan fingerprint density at radius 2 is 2.32 bits per heavy atom. The van der Waals surface area contributed by atoms with Crippen LogP contribution < -0.4 is 10.1 Å². The Labute approximate surface area is 146 Å². The van der Waals surface area contributed by atoms with Crippen LogP contribution >= 0.6 is 0 Å². The maximum absolute atomic E-state index is 12.7. The molecule has 1 fully saturated rings. The molecule has 1 saturated heterocycles. The number of pyridine rings is 1. The highest BCUT2D eigenvalue weighted by atomic mass is 16.5. The van der Waals surface area contributed by atoms with Gasteiger partial charge in [0.25, 0.3) is 5.91 Å². The van der Waals surface area contributed by atoms with E-state index >= 15 is 0 Å². The van der Waals surface area contributed by atoms with Crippen LogP contribution in [-0.4, -0.2) is 46.2 Å². The largest absolute Gasteiger partial charge is 0.472 e. The third-order valence-electron chi connectivity index (χ3n) is 4.05. The molecule has 0 radical (unpaired) electrons. The van der Waals surface area contributed by atoms with Crippen molar-refractivity contribution in [3.8, 4) is 5.88 Å². The van der Waals surface area contributed by atoms with Gasteiger partial charge in [0.05, 0.1) is 30.5 Å². The number of nitrogens with one attached hydrogen (secondary N) is 1. The van der Waals surface area contributed by atoms with E-state index in [0.29, 0.717) is 31.1 Å². The highest BCUT2D eigenvalue weighted by Crippen LogP contribution is 2.17. The molecule has 1 N–H and O–H groups in total. The molecule has 2 aromatic heterocycles. The van der Waals surface area contributed by atoms with Crippen molar-refractivity contribution in [2.45, 2.75) is 38.3 Å². The summed E-state index contributed by atoms with van der Waals surface area (Å²) >= 11 is 0. The van der Waals surface area contributed by atoms with E-state index in [1.165, 1.54) is 6.33 Å². The second kappa shape index (κ2) is 8.53. The molecule has 7 heteroatoms. The minimum atomic E-state index is -0.252. The maximum Gasteiger partial charge on any atom is 0.255 e. The van der Waals surface area contributed by atoms with E-state index in [0.717, 1.165) is 18.5 Å². The summed E-state index contributed by atoms with van der Waals surface area (Å²) in [6, 6.07) is 5.26. The van der Waals surface area contributed by atoms with Gasteiger partial charge in [0.2, 0.25) is 5.88 Å². The van der Waals surface area contributed by atoms with Crippen molar-refractivity contribution < 1.29 is 14.3 Å². The second-order valence-corrected chi connectivity index (χ2v) is 5.90. The van der Waals surface area contributed by atoms with E-state index in [4.69, 9.17) is 9.47 Å². The van der Waals surface area contributed by atoms with Gasteiger partial charge in [-0.3, -0.25) is 4.79 Å². The van der Waals surface area contributed by atoms with Gasteiger partial charge in [-0.15, -0.1) is 0 Å². The van der Waals surface area contributed by atoms with Crippen molar-refractivity contribution in [3.05, 3.63) is 48.2 Å². The molecule has 1 aliphatic rings. The van der Waals surface area contributed by atoms with Gasteiger partial charge in [-0.05, 0) is 12.5 Å². The molecule has 7 nitrogen and oxygen atoms in total. The zero-order valence-electron chi connectivity index (χ0n) is 14.2. The SMILES string of the molecule is CCCc1ncncc1C(=O)N[C@@H]1COCC[C@H]1Oc1ccccn1. The first-order valence-corrected chi connectivity index (χ1v) is 8.53. The van der Waals surface area contributed by atoms with Gasteiger partial charge in [0.1, 0.15) is 12.4 Å². The zero-order chi connectivity index (χ0) is 17.5. The highest BCUT2D eigenvalue weighted by molar-refractivity contribution is 5.95. The van der Waals surface area contributed by atoms with Crippen molar-refractivity contribution >= 4 is 5.91 Å². The van der Waals surface area contributed by atoms with Crippen molar-refractivity contribution in [1.29, 1.82) is 0 Å². The lowest BCUT2D eigenvalue weighted by Crippen LogP contribution is -2.52. The highest BCUT2D eigenvalue weighted by Gasteiger charge is 2.30. The maximum atomic E-state index is 12.7. The Kier molecular flexibility index (Phi) is 5.90. The molecule has 0 aliphatic carbocycles. The summed E-state index contributed by atoms with van der Waals surface area (Å²) in [7, 11) is 0. The molecule has 25 heavy (non-hydrogen) atoms. The van der Waals surface area contributed by atoms with Crippen LogP contribution in [0.3, 0.4) is 0 Å². The predicted octanol–water partition coefficient (Wildman–Crippen LogP) is 1.79. The Hall–Kier alpha value is -2.54. The number of hydrogen-bond acceptors (Lipinski definition) is 6. The van der Waals surface area contributed by atoms with Crippen LogP contribution in [0.4, 0.5) is 0 Å². The van der Waals surface area contributed by atoms with Crippen molar-refractivity contribution in [2.75, 3.05) is 13.2 Å². The minimum absolute atomic E-state index is 0.188. The summed E-state index contributed by atoms with van der Waals surface area (Å²) in [4.78, 5) is 25.1. The van der Waals surface area contributed by atoms with E-state index in [1.807, 2.05) is 12.1 Å². The fraction of sp³-hybridized carbons (Fsp3) is 0.444. The van der Waals surface area contributed by atoms with Crippen LogP contribution in [0.1, 0.15) is 35.8 Å². The first kappa shape index (κ1) is 17.3. The molecule has 2 aromatic rings. The fourth-order valence-corrected chi connectivity index (χ4v) is 2.79. The second-order valence-electron chi connectivity index (χ2n) is 5.90. The summed E-state index contributed by atoms with van der Waals surface area (Å²) in [5.74, 6) is 0.345. The number of nitrogens with zero attached hydrogens (tertiary/aromatic N) is 3. The van der Waals surface area contributed by atoms with Crippen LogP contribution in [0, 0.1) is 0 Å². The molecule has 1 amide bonds. The normalized spacial score (nSPS) is 20.0. The van der Waals surface area contributed by atoms with Gasteiger partial charge in [-0.25, -0.2) is 15.0 Å². The monoisotopic (exact) mass is 342 g/mol. The molecule has 0 saturated carbocycles. The van der Waals surface area contributed by atoms with Gasteiger partial charge in [-0.2, -0.15) is 0 Å². The van der Waals surface area contributed by atoms with Gasteiger partial charge >= 0.3 is 0 Å². The Balaban J connectivity index is 1.70. The van der Waals surface area contributed by atoms with E-state index in [9.17, 15) is 4.79 Å². The molecule has 0 aromatic carbocycles. The summed E-state index contributed by atoms with van der Waals surface area (Å²) in [6.07, 6.45) is 6.86. The van der Waals surface area contributed by atoms with Crippen molar-refractivity contribution in [2.24, 2.45) is 0 Å². The van der Waals surface area contributed by atoms with Crippen LogP contribution in [0.15, 0.2) is 36.9 Å². The molecule has 2 atom stereocenters. The Morgan fingerprint density at radius 1 is 1.40 bits per heavy atom. The van der Waals surface area contributed by atoms with Crippen LogP contribution in [-0.2, 0) is 11.2 Å². The van der Waals surface area contributed by atoms with Crippen LogP contribution in [0.5, 0.6) is 5.88 Å². The predicted molar refractivity (Wildman–Crippen MR) is 91.4 cm³/mol. The number of ether oxygens (including phenoxy) is 2. The molecule has 3 rings (SSSR count).